The van der Waals surface area contributed by atoms with E-state index in [9.17, 15) is 0 Å². The van der Waals surface area contributed by atoms with Gasteiger partial charge >= 0.3 is 0 Å². The lowest BCUT2D eigenvalue weighted by atomic mass is 9.77. The molecule has 1 N–H and O–H groups in total. The minimum atomic E-state index is 0.419. The van der Waals surface area contributed by atoms with Crippen molar-refractivity contribution in [2.75, 3.05) is 7.05 Å². The van der Waals surface area contributed by atoms with Gasteiger partial charge in [0.15, 0.2) is 0 Å². The molecule has 0 saturated carbocycles. The van der Waals surface area contributed by atoms with Gasteiger partial charge in [0.1, 0.15) is 0 Å². The van der Waals surface area contributed by atoms with Crippen LogP contribution in [0.3, 0.4) is 0 Å². The molecule has 0 saturated heterocycles. The first-order chi connectivity index (χ1) is 9.40. The summed E-state index contributed by atoms with van der Waals surface area (Å²) in [6.07, 6.45) is 3.81. The molecular weight excluding hydrogens is 230 g/mol. The van der Waals surface area contributed by atoms with Crippen LogP contribution >= 0.6 is 0 Å². The Morgan fingerprint density at radius 1 is 1.00 bits per heavy atom. The molecule has 98 valence electrons. The van der Waals surface area contributed by atoms with E-state index in [1.54, 1.807) is 0 Å². The third-order valence-electron chi connectivity index (χ3n) is 4.29. The van der Waals surface area contributed by atoms with Crippen molar-refractivity contribution in [2.24, 2.45) is 0 Å². The second kappa shape index (κ2) is 5.58. The number of fused-ring (bicyclic) bond motifs is 1. The van der Waals surface area contributed by atoms with Gasteiger partial charge in [-0.1, -0.05) is 54.6 Å². The maximum Gasteiger partial charge on any atom is 0.0387 e. The molecule has 3 rings (SSSR count). The fraction of sp³-hybridized carbons (Fsp3) is 0.333. The van der Waals surface area contributed by atoms with Crippen LogP contribution in [0.25, 0.3) is 0 Å². The van der Waals surface area contributed by atoms with E-state index in [1.165, 1.54) is 36.0 Å². The summed E-state index contributed by atoms with van der Waals surface area (Å²) in [5, 5.41) is 3.53. The van der Waals surface area contributed by atoms with Crippen LogP contribution in [0.5, 0.6) is 0 Å². The van der Waals surface area contributed by atoms with Gasteiger partial charge < -0.3 is 5.32 Å². The SMILES string of the molecule is CNC(c1ccccc1)C1CCCc2ccccc21. The van der Waals surface area contributed by atoms with Crippen molar-refractivity contribution in [2.45, 2.75) is 31.2 Å². The van der Waals surface area contributed by atoms with Crippen LogP contribution in [0.15, 0.2) is 54.6 Å². The summed E-state index contributed by atoms with van der Waals surface area (Å²) in [6.45, 7) is 0. The highest BCUT2D eigenvalue weighted by molar-refractivity contribution is 5.36. The molecule has 0 radical (unpaired) electrons. The number of likely N-dealkylation sites (N-methyl/N-ethyl adjacent to an activating group) is 1. The molecule has 0 aliphatic heterocycles. The lowest BCUT2D eigenvalue weighted by molar-refractivity contribution is 0.425. The molecule has 2 unspecified atom stereocenters. The van der Waals surface area contributed by atoms with Crippen molar-refractivity contribution in [3.8, 4) is 0 Å². The highest BCUT2D eigenvalue weighted by Crippen LogP contribution is 2.39. The van der Waals surface area contributed by atoms with Crippen LogP contribution in [0.4, 0.5) is 0 Å². The molecule has 2 aromatic rings. The predicted octanol–water partition coefficient (Wildman–Crippen LogP) is 4.07. The molecule has 0 aromatic heterocycles. The Hall–Kier alpha value is -1.60. The van der Waals surface area contributed by atoms with Gasteiger partial charge in [-0.05, 0) is 43.0 Å². The zero-order valence-corrected chi connectivity index (χ0v) is 11.5. The Bertz CT molecular complexity index is 532. The van der Waals surface area contributed by atoms with Gasteiger partial charge in [0.2, 0.25) is 0 Å². The molecule has 2 atom stereocenters. The molecule has 0 heterocycles. The van der Waals surface area contributed by atoms with Gasteiger partial charge in [-0.25, -0.2) is 0 Å². The van der Waals surface area contributed by atoms with Crippen LogP contribution < -0.4 is 5.32 Å². The summed E-state index contributed by atoms with van der Waals surface area (Å²) in [4.78, 5) is 0. The average molecular weight is 251 g/mol. The van der Waals surface area contributed by atoms with Crippen molar-refractivity contribution in [1.29, 1.82) is 0 Å². The van der Waals surface area contributed by atoms with E-state index < -0.39 is 0 Å². The van der Waals surface area contributed by atoms with Crippen molar-refractivity contribution in [3.05, 3.63) is 71.3 Å². The lowest BCUT2D eigenvalue weighted by Gasteiger charge is -2.32. The summed E-state index contributed by atoms with van der Waals surface area (Å²) in [6, 6.07) is 20.2. The topological polar surface area (TPSA) is 12.0 Å². The monoisotopic (exact) mass is 251 g/mol. The van der Waals surface area contributed by atoms with Crippen LogP contribution in [0, 0.1) is 0 Å². The van der Waals surface area contributed by atoms with E-state index in [2.05, 4.69) is 67.0 Å². The van der Waals surface area contributed by atoms with Gasteiger partial charge in [-0.15, -0.1) is 0 Å². The molecule has 19 heavy (non-hydrogen) atoms. The molecule has 0 amide bonds. The van der Waals surface area contributed by atoms with Crippen molar-refractivity contribution >= 4 is 0 Å². The molecule has 0 bridgehead atoms. The van der Waals surface area contributed by atoms with E-state index in [-0.39, 0.29) is 0 Å². The van der Waals surface area contributed by atoms with Crippen LogP contribution in [0.1, 0.15) is 41.5 Å². The Morgan fingerprint density at radius 3 is 2.53 bits per heavy atom. The second-order valence-corrected chi connectivity index (χ2v) is 5.37. The van der Waals surface area contributed by atoms with Crippen molar-refractivity contribution in [3.63, 3.8) is 0 Å². The number of hydrogen-bond acceptors (Lipinski definition) is 1. The maximum atomic E-state index is 3.53. The maximum absolute atomic E-state index is 3.53. The number of hydrogen-bond donors (Lipinski definition) is 1. The summed E-state index contributed by atoms with van der Waals surface area (Å²) in [5.74, 6) is 0.595. The minimum absolute atomic E-state index is 0.419. The predicted molar refractivity (Wildman–Crippen MR) is 80.4 cm³/mol. The first-order valence-electron chi connectivity index (χ1n) is 7.20. The zero-order chi connectivity index (χ0) is 13.1. The zero-order valence-electron chi connectivity index (χ0n) is 11.5. The first kappa shape index (κ1) is 12.4. The Morgan fingerprint density at radius 2 is 1.74 bits per heavy atom. The summed E-state index contributed by atoms with van der Waals surface area (Å²) >= 11 is 0. The van der Waals surface area contributed by atoms with Crippen LogP contribution in [0.2, 0.25) is 0 Å². The molecule has 2 aromatic carbocycles. The minimum Gasteiger partial charge on any atom is -0.312 e. The Kier molecular flexibility index (Phi) is 3.65. The standard InChI is InChI=1S/C18H21N/c1-19-18(15-9-3-2-4-10-15)17-13-7-11-14-8-5-6-12-16(14)17/h2-6,8-10,12,17-19H,7,11,13H2,1H3. The Labute approximate surface area is 115 Å². The molecular formula is C18H21N. The molecule has 1 nitrogen and oxygen atoms in total. The van der Waals surface area contributed by atoms with E-state index in [4.69, 9.17) is 0 Å². The molecule has 0 spiro atoms. The summed E-state index contributed by atoms with van der Waals surface area (Å²) in [7, 11) is 2.08. The smallest absolute Gasteiger partial charge is 0.0387 e. The van der Waals surface area contributed by atoms with Gasteiger partial charge in [0.25, 0.3) is 0 Å². The summed E-state index contributed by atoms with van der Waals surface area (Å²) in [5.41, 5.74) is 4.47. The third kappa shape index (κ3) is 2.43. The van der Waals surface area contributed by atoms with E-state index in [1.807, 2.05) is 0 Å². The molecule has 1 aliphatic rings. The number of benzene rings is 2. The molecule has 0 fully saturated rings. The normalized spacial score (nSPS) is 19.7. The third-order valence-corrected chi connectivity index (χ3v) is 4.29. The van der Waals surface area contributed by atoms with Gasteiger partial charge in [-0.3, -0.25) is 0 Å². The molecule has 1 aliphatic carbocycles. The largest absolute Gasteiger partial charge is 0.312 e. The quantitative estimate of drug-likeness (QED) is 0.867. The van der Waals surface area contributed by atoms with Crippen molar-refractivity contribution in [1.82, 2.24) is 5.32 Å². The van der Waals surface area contributed by atoms with Crippen molar-refractivity contribution < 1.29 is 0 Å². The fourth-order valence-corrected chi connectivity index (χ4v) is 3.40. The van der Waals surface area contributed by atoms with Gasteiger partial charge in [-0.2, -0.15) is 0 Å². The summed E-state index contributed by atoms with van der Waals surface area (Å²) < 4.78 is 0. The van der Waals surface area contributed by atoms with Crippen LogP contribution in [-0.2, 0) is 6.42 Å². The number of rotatable bonds is 3. The highest BCUT2D eigenvalue weighted by Gasteiger charge is 2.27. The second-order valence-electron chi connectivity index (χ2n) is 5.37. The number of aryl methyl sites for hydroxylation is 1. The molecule has 1 heteroatoms. The first-order valence-corrected chi connectivity index (χ1v) is 7.20. The number of nitrogens with one attached hydrogen (secondary N) is 1. The van der Waals surface area contributed by atoms with E-state index >= 15 is 0 Å². The highest BCUT2D eigenvalue weighted by atomic mass is 14.9. The average Bonchev–Trinajstić information content (AvgIpc) is 2.49. The van der Waals surface area contributed by atoms with E-state index in [0.29, 0.717) is 12.0 Å². The Balaban J connectivity index is 1.97. The van der Waals surface area contributed by atoms with Crippen LogP contribution in [-0.4, -0.2) is 7.05 Å². The lowest BCUT2D eigenvalue weighted by Crippen LogP contribution is -2.26. The van der Waals surface area contributed by atoms with Gasteiger partial charge in [0.05, 0.1) is 0 Å². The van der Waals surface area contributed by atoms with Gasteiger partial charge in [0, 0.05) is 12.0 Å². The fourth-order valence-electron chi connectivity index (χ4n) is 3.40. The van der Waals surface area contributed by atoms with E-state index in [0.717, 1.165) is 0 Å².